The van der Waals surface area contributed by atoms with Crippen molar-refractivity contribution in [2.75, 3.05) is 0 Å². The number of thiocarbonyl (C=S) groups is 4. The van der Waals surface area contributed by atoms with Gasteiger partial charge in [-0.2, -0.15) is 20.6 Å². The van der Waals surface area contributed by atoms with Crippen LogP contribution in [0.2, 0.25) is 0 Å². The first-order chi connectivity index (χ1) is 5.66. The van der Waals surface area contributed by atoms with Crippen LogP contribution in [-0.4, -0.2) is 20.6 Å². The normalized spacial score (nSPS) is 2.00. The largest absolute Gasteiger partial charge is 6.00 e. The van der Waals surface area contributed by atoms with Crippen molar-refractivity contribution in [2.45, 2.75) is 0 Å². The summed E-state index contributed by atoms with van der Waals surface area (Å²) in [6.07, 6.45) is 0. The molecule has 0 fully saturated rings. The molecule has 12 heteroatoms. The zero-order valence-corrected chi connectivity index (χ0v) is 12.2. The fourth-order valence-corrected chi connectivity index (χ4v) is 0. The van der Waals surface area contributed by atoms with E-state index in [4.69, 9.17) is 21.6 Å². The van der Waals surface area contributed by atoms with Crippen LogP contribution in [0.25, 0.3) is 33.9 Å². The number of rotatable bonds is 0. The molecule has 0 saturated carbocycles. The molecule has 7 N–H and O–H groups in total. The maximum Gasteiger partial charge on any atom is 6.00 e. The van der Waals surface area contributed by atoms with Crippen LogP contribution in [0.15, 0.2) is 0 Å². The molecule has 88 valence electrons. The minimum absolute atomic E-state index is 0. The summed E-state index contributed by atoms with van der Waals surface area (Å²) < 4.78 is 0. The Bertz CT molecular complexity index is 160. The Morgan fingerprint density at radius 1 is 0.562 bits per heavy atom. The predicted octanol–water partition coefficient (Wildman–Crippen LogP) is 4.23. The van der Waals surface area contributed by atoms with Gasteiger partial charge in [0.25, 0.3) is 0 Å². The van der Waals surface area contributed by atoms with Gasteiger partial charge in [-0.3, -0.25) is 0 Å². The van der Waals surface area contributed by atoms with Gasteiger partial charge < -0.3 is 40.1 Å². The first-order valence-corrected chi connectivity index (χ1v) is 3.34. The number of nitrogens with two attached hydrogens (primary N) is 2. The molecule has 0 radical (unpaired) electrons. The molecule has 0 bridgehead atoms. The molecule has 0 aromatic rings. The molecule has 0 aliphatic heterocycles. The van der Waals surface area contributed by atoms with Crippen LogP contribution in [-0.2, 0) is 17.4 Å². The topological polar surface area (TPSA) is 191 Å². The van der Waals surface area contributed by atoms with E-state index in [1.807, 2.05) is 0 Å². The fraction of sp³-hybridized carbons (Fsp3) is 0. The van der Waals surface area contributed by atoms with Crippen molar-refractivity contribution in [3.8, 4) is 0 Å². The zero-order valence-electron chi connectivity index (χ0n) is 7.69. The van der Waals surface area contributed by atoms with Gasteiger partial charge in [0.15, 0.2) is 0 Å². The van der Waals surface area contributed by atoms with Gasteiger partial charge in [-0.25, -0.2) is 0 Å². The van der Waals surface area contributed by atoms with Crippen LogP contribution in [0, 0.1) is 0 Å². The summed E-state index contributed by atoms with van der Waals surface area (Å²) in [5.74, 6) is 0. The van der Waals surface area contributed by atoms with Gasteiger partial charge in [0, 0.05) is 0 Å². The van der Waals surface area contributed by atoms with Crippen molar-refractivity contribution in [3.63, 3.8) is 0 Å². The Balaban J connectivity index is -0.00000000821. The van der Waals surface area contributed by atoms with E-state index in [2.05, 4.69) is 48.9 Å². The molecule has 0 heterocycles. The molecule has 0 saturated heterocycles. The Morgan fingerprint density at radius 3 is 0.562 bits per heavy atom. The van der Waals surface area contributed by atoms with E-state index in [9.17, 15) is 0 Å². The van der Waals surface area contributed by atoms with E-state index >= 15 is 0 Å². The standard InChI is InChI=1S/4CNS.Cr.H3N.2H2N/c4*2-1-3;;;;/h;;;;;1H3;2*1H2/q4*-1;+6;;2*-1. The van der Waals surface area contributed by atoms with Gasteiger partial charge in [0.2, 0.25) is 0 Å². The van der Waals surface area contributed by atoms with Crippen molar-refractivity contribution < 1.29 is 17.4 Å². The second-order valence-electron chi connectivity index (χ2n) is 0.365. The molecule has 0 aromatic heterocycles. The van der Waals surface area contributed by atoms with Gasteiger partial charge in [-0.15, -0.1) is 0 Å². The Kier molecular flexibility index (Phi) is 746. The molecule has 0 unspecified atom stereocenters. The van der Waals surface area contributed by atoms with E-state index in [0.717, 1.165) is 0 Å². The molecule has 16 heavy (non-hydrogen) atoms. The summed E-state index contributed by atoms with van der Waals surface area (Å²) in [5.41, 5.74) is 0. The Morgan fingerprint density at radius 2 is 0.562 bits per heavy atom. The molecule has 0 aliphatic carbocycles. The van der Waals surface area contributed by atoms with Gasteiger partial charge >= 0.3 is 17.4 Å². The van der Waals surface area contributed by atoms with Crippen LogP contribution in [0.1, 0.15) is 0 Å². The second kappa shape index (κ2) is 207. The molecular formula is C4H7CrN7S4. The number of hydrogen-bond acceptors (Lipinski definition) is 5. The smallest absolute Gasteiger partial charge is 0.753 e. The van der Waals surface area contributed by atoms with E-state index in [-0.39, 0.29) is 35.8 Å². The zero-order chi connectivity index (χ0) is 10.8. The first-order valence-electron chi connectivity index (χ1n) is 1.71. The SMILES string of the molecule is N.[Cr+6].[N-]=C=S.[N-]=C=S.[N-]=C=S.[N-]=C=S.[NH2-].[NH2-]. The van der Waals surface area contributed by atoms with Crippen LogP contribution in [0.4, 0.5) is 0 Å². The number of isothiocyanates is 4. The summed E-state index contributed by atoms with van der Waals surface area (Å²) >= 11 is 14.8. The van der Waals surface area contributed by atoms with E-state index < -0.39 is 0 Å². The molecule has 7 nitrogen and oxygen atoms in total. The van der Waals surface area contributed by atoms with Crippen molar-refractivity contribution in [1.29, 1.82) is 0 Å². The molecule has 0 atom stereocenters. The van der Waals surface area contributed by atoms with Crippen LogP contribution in [0.3, 0.4) is 0 Å². The third-order valence-electron chi connectivity index (χ3n) is 0. The first kappa shape index (κ1) is 57.5. The van der Waals surface area contributed by atoms with Gasteiger partial charge in [-0.05, 0) is 0 Å². The third kappa shape index (κ3) is 14400. The summed E-state index contributed by atoms with van der Waals surface area (Å²) in [6.45, 7) is 0. The van der Waals surface area contributed by atoms with E-state index in [1.165, 1.54) is 20.6 Å². The molecular weight excluding hydrogens is 326 g/mol. The van der Waals surface area contributed by atoms with Crippen molar-refractivity contribution >= 4 is 69.5 Å². The number of hydrogen-bond donors (Lipinski definition) is 1. The average molecular weight is 333 g/mol. The minimum Gasteiger partial charge on any atom is -0.753 e. The Hall–Kier alpha value is -0.388. The molecule has 0 aromatic carbocycles. The van der Waals surface area contributed by atoms with Crippen molar-refractivity contribution in [2.24, 2.45) is 0 Å². The van der Waals surface area contributed by atoms with Crippen LogP contribution in [0.5, 0.6) is 0 Å². The average Bonchev–Trinajstić information content (AvgIpc) is 1.92. The Labute approximate surface area is 126 Å². The van der Waals surface area contributed by atoms with Gasteiger partial charge in [0.1, 0.15) is 0 Å². The van der Waals surface area contributed by atoms with Crippen LogP contribution < -0.4 is 6.15 Å². The maximum atomic E-state index is 7.13. The molecule has 0 spiro atoms. The van der Waals surface area contributed by atoms with Crippen molar-refractivity contribution in [3.05, 3.63) is 33.9 Å². The van der Waals surface area contributed by atoms with Gasteiger partial charge in [-0.1, -0.05) is 48.9 Å². The molecule has 0 amide bonds. The van der Waals surface area contributed by atoms with Crippen LogP contribution >= 0.6 is 48.9 Å². The number of nitrogens with zero attached hydrogens (tertiary/aromatic N) is 4. The monoisotopic (exact) mass is 333 g/mol. The van der Waals surface area contributed by atoms with E-state index in [1.54, 1.807) is 0 Å². The van der Waals surface area contributed by atoms with E-state index in [0.29, 0.717) is 0 Å². The van der Waals surface area contributed by atoms with Gasteiger partial charge in [0.05, 0.1) is 0 Å². The minimum atomic E-state index is 0. The molecule has 0 aliphatic rings. The quantitative estimate of drug-likeness (QED) is 0.511. The summed E-state index contributed by atoms with van der Waals surface area (Å²) in [5, 5.41) is 33.9. The fourth-order valence-electron chi connectivity index (χ4n) is 0. The summed E-state index contributed by atoms with van der Waals surface area (Å²) in [4.78, 5) is 0. The maximum absolute atomic E-state index is 7.13. The summed E-state index contributed by atoms with van der Waals surface area (Å²) in [7, 11) is 0. The third-order valence-corrected chi connectivity index (χ3v) is 0. The van der Waals surface area contributed by atoms with Crippen molar-refractivity contribution in [1.82, 2.24) is 6.15 Å². The predicted molar refractivity (Wildman–Crippen MR) is 79.4 cm³/mol. The summed E-state index contributed by atoms with van der Waals surface area (Å²) in [6, 6.07) is 0. The second-order valence-corrected chi connectivity index (χ2v) is 1.10. The molecule has 0 rings (SSSR count).